The average Bonchev–Trinajstić information content (AvgIpc) is 3.32. The number of benzene rings is 1. The van der Waals surface area contributed by atoms with Crippen molar-refractivity contribution in [2.75, 3.05) is 37.1 Å². The van der Waals surface area contributed by atoms with Crippen molar-refractivity contribution in [3.63, 3.8) is 0 Å². The van der Waals surface area contributed by atoms with Crippen LogP contribution in [-0.4, -0.2) is 54.0 Å². The molecule has 0 saturated heterocycles. The largest absolute Gasteiger partial charge is 0.423 e. The predicted molar refractivity (Wildman–Crippen MR) is 110 cm³/mol. The Morgan fingerprint density at radius 3 is 2.94 bits per heavy atom. The molecule has 2 amide bonds. The van der Waals surface area contributed by atoms with E-state index in [0.29, 0.717) is 24.7 Å². The molecule has 2 aromatic heterocycles. The molecule has 1 aromatic carbocycles. The number of hydrogen-bond donors (Lipinski definition) is 3. The van der Waals surface area contributed by atoms with Crippen molar-refractivity contribution in [2.24, 2.45) is 0 Å². The Morgan fingerprint density at radius 1 is 1.42 bits per heavy atom. The van der Waals surface area contributed by atoms with Gasteiger partial charge in [-0.15, -0.1) is 0 Å². The highest BCUT2D eigenvalue weighted by Gasteiger charge is 2.34. The standard InChI is InChI=1S/C19H21F2N5O4S/c1-9(7-27)22-17(28)25-18-23-12-3-4-26(14(8-29-2)16(12)31-18)19-24-13-5-10(20)11(21)6-15(13)30-19/h5-6,9,14,27H,3-4,7-8H2,1-2H3,(H2,22,23,25,28)/t9-,14+/m1/s1. The second kappa shape index (κ2) is 8.73. The number of fused-ring (bicyclic) bond motifs is 2. The number of nitrogens with zero attached hydrogens (tertiary/aromatic N) is 3. The molecule has 0 radical (unpaired) electrons. The topological polar surface area (TPSA) is 113 Å². The Balaban J connectivity index is 1.61. The minimum absolute atomic E-state index is 0.150. The van der Waals surface area contributed by atoms with E-state index in [1.54, 1.807) is 14.0 Å². The van der Waals surface area contributed by atoms with Crippen molar-refractivity contribution in [3.8, 4) is 0 Å². The first-order chi connectivity index (χ1) is 14.9. The average molecular weight is 453 g/mol. The van der Waals surface area contributed by atoms with Gasteiger partial charge in [-0.25, -0.2) is 18.6 Å². The van der Waals surface area contributed by atoms with Crippen molar-refractivity contribution >= 4 is 39.6 Å². The Bertz CT molecular complexity index is 1070. The van der Waals surface area contributed by atoms with E-state index in [2.05, 4.69) is 20.6 Å². The van der Waals surface area contributed by atoms with Gasteiger partial charge in [0, 0.05) is 32.2 Å². The van der Waals surface area contributed by atoms with E-state index >= 15 is 0 Å². The van der Waals surface area contributed by atoms with Crippen LogP contribution in [0.15, 0.2) is 16.5 Å². The number of thiazole rings is 1. The van der Waals surface area contributed by atoms with Gasteiger partial charge in [0.2, 0.25) is 0 Å². The molecule has 0 aliphatic carbocycles. The second-order valence-electron chi connectivity index (χ2n) is 7.16. The molecule has 3 aromatic rings. The van der Waals surface area contributed by atoms with Crippen molar-refractivity contribution in [2.45, 2.75) is 25.4 Å². The molecular weight excluding hydrogens is 432 g/mol. The summed E-state index contributed by atoms with van der Waals surface area (Å²) in [5, 5.41) is 14.8. The minimum atomic E-state index is -1.00. The molecule has 0 unspecified atom stereocenters. The smallest absolute Gasteiger partial charge is 0.321 e. The van der Waals surface area contributed by atoms with Gasteiger partial charge in [0.1, 0.15) is 5.52 Å². The highest BCUT2D eigenvalue weighted by Crippen LogP contribution is 2.39. The summed E-state index contributed by atoms with van der Waals surface area (Å²) in [5.41, 5.74) is 1.19. The maximum Gasteiger partial charge on any atom is 0.321 e. The number of methoxy groups -OCH3 is 1. The summed E-state index contributed by atoms with van der Waals surface area (Å²) in [5.74, 6) is -2.00. The van der Waals surface area contributed by atoms with Gasteiger partial charge in [0.05, 0.1) is 35.9 Å². The van der Waals surface area contributed by atoms with E-state index in [1.165, 1.54) is 11.3 Å². The number of oxazole rings is 1. The number of halogens is 2. The van der Waals surface area contributed by atoms with Crippen LogP contribution in [0.4, 0.5) is 24.7 Å². The van der Waals surface area contributed by atoms with E-state index in [1.807, 2.05) is 4.90 Å². The number of rotatable bonds is 6. The number of hydrogen-bond acceptors (Lipinski definition) is 8. The number of nitrogens with one attached hydrogen (secondary N) is 2. The van der Waals surface area contributed by atoms with Crippen LogP contribution in [0.3, 0.4) is 0 Å². The first-order valence-electron chi connectivity index (χ1n) is 9.58. The van der Waals surface area contributed by atoms with Gasteiger partial charge in [-0.1, -0.05) is 11.3 Å². The second-order valence-corrected chi connectivity index (χ2v) is 8.19. The number of carbonyl (C=O) groups excluding carboxylic acids is 1. The lowest BCUT2D eigenvalue weighted by molar-refractivity contribution is 0.174. The SMILES string of the molecule is COC[C@H]1c2sc(NC(=O)N[C@H](C)CO)nc2CCN1c1nc2cc(F)c(F)cc2o1. The van der Waals surface area contributed by atoms with Crippen LogP contribution in [-0.2, 0) is 11.2 Å². The molecular formula is C19H21F2N5O4S. The molecule has 1 aliphatic heterocycles. The molecule has 3 N–H and O–H groups in total. The number of aliphatic hydroxyl groups is 1. The van der Waals surface area contributed by atoms with Crippen molar-refractivity contribution in [3.05, 3.63) is 34.3 Å². The predicted octanol–water partition coefficient (Wildman–Crippen LogP) is 2.82. The van der Waals surface area contributed by atoms with E-state index < -0.39 is 17.7 Å². The molecule has 166 valence electrons. The number of aliphatic hydroxyl groups excluding tert-OH is 1. The Kier molecular flexibility index (Phi) is 6.03. The number of aromatic nitrogens is 2. The fourth-order valence-corrected chi connectivity index (χ4v) is 4.47. The monoisotopic (exact) mass is 453 g/mol. The highest BCUT2D eigenvalue weighted by molar-refractivity contribution is 7.16. The maximum atomic E-state index is 13.6. The zero-order chi connectivity index (χ0) is 22.1. The Hall–Kier alpha value is -2.83. The van der Waals surface area contributed by atoms with Gasteiger partial charge in [0.25, 0.3) is 6.01 Å². The van der Waals surface area contributed by atoms with Crippen LogP contribution >= 0.6 is 11.3 Å². The lowest BCUT2D eigenvalue weighted by Gasteiger charge is -2.33. The lowest BCUT2D eigenvalue weighted by atomic mass is 10.1. The number of ether oxygens (including phenoxy) is 1. The summed E-state index contributed by atoms with van der Waals surface area (Å²) in [6.45, 7) is 2.29. The van der Waals surface area contributed by atoms with Gasteiger partial charge in [-0.05, 0) is 6.92 Å². The molecule has 12 heteroatoms. The molecule has 1 aliphatic rings. The van der Waals surface area contributed by atoms with Crippen LogP contribution in [0.1, 0.15) is 23.5 Å². The van der Waals surface area contributed by atoms with Gasteiger partial charge in [0.15, 0.2) is 22.3 Å². The molecule has 0 saturated carbocycles. The molecule has 2 atom stereocenters. The Morgan fingerprint density at radius 2 is 2.19 bits per heavy atom. The van der Waals surface area contributed by atoms with Gasteiger partial charge in [-0.2, -0.15) is 4.98 Å². The van der Waals surface area contributed by atoms with Crippen molar-refractivity contribution in [1.29, 1.82) is 0 Å². The zero-order valence-corrected chi connectivity index (χ0v) is 17.6. The van der Waals surface area contributed by atoms with Crippen LogP contribution in [0.2, 0.25) is 0 Å². The van der Waals surface area contributed by atoms with Crippen molar-refractivity contribution in [1.82, 2.24) is 15.3 Å². The fraction of sp³-hybridized carbons (Fsp3) is 0.421. The van der Waals surface area contributed by atoms with Crippen LogP contribution in [0.5, 0.6) is 0 Å². The van der Waals surface area contributed by atoms with E-state index in [9.17, 15) is 13.6 Å². The van der Waals surface area contributed by atoms with E-state index in [0.717, 1.165) is 22.7 Å². The van der Waals surface area contributed by atoms with Crippen LogP contribution in [0.25, 0.3) is 11.1 Å². The van der Waals surface area contributed by atoms with Crippen LogP contribution in [0, 0.1) is 11.6 Å². The number of amides is 2. The molecule has 0 fully saturated rings. The zero-order valence-electron chi connectivity index (χ0n) is 16.8. The van der Waals surface area contributed by atoms with Crippen molar-refractivity contribution < 1.29 is 27.8 Å². The quantitative estimate of drug-likeness (QED) is 0.526. The number of urea groups is 1. The lowest BCUT2D eigenvalue weighted by Crippen LogP contribution is -2.38. The summed E-state index contributed by atoms with van der Waals surface area (Å²) >= 11 is 1.30. The molecule has 0 bridgehead atoms. The third-order valence-electron chi connectivity index (χ3n) is 4.86. The summed E-state index contributed by atoms with van der Waals surface area (Å²) in [6.07, 6.45) is 0.559. The Labute approximate surface area is 180 Å². The van der Waals surface area contributed by atoms with E-state index in [4.69, 9.17) is 14.3 Å². The normalized spacial score (nSPS) is 16.9. The van der Waals surface area contributed by atoms with Gasteiger partial charge in [-0.3, -0.25) is 5.32 Å². The number of carbonyl (C=O) groups is 1. The molecule has 3 heterocycles. The number of anilines is 2. The maximum absolute atomic E-state index is 13.6. The highest BCUT2D eigenvalue weighted by atomic mass is 32.1. The molecule has 9 nitrogen and oxygen atoms in total. The molecule has 4 rings (SSSR count). The fourth-order valence-electron chi connectivity index (χ4n) is 3.37. The molecule has 0 spiro atoms. The third kappa shape index (κ3) is 4.31. The molecule has 31 heavy (non-hydrogen) atoms. The van der Waals surface area contributed by atoms with E-state index in [-0.39, 0.29) is 35.8 Å². The summed E-state index contributed by atoms with van der Waals surface area (Å²) in [4.78, 5) is 23.6. The van der Waals surface area contributed by atoms with Crippen LogP contribution < -0.4 is 15.5 Å². The summed E-state index contributed by atoms with van der Waals surface area (Å²) in [6, 6.07) is 1.05. The minimum Gasteiger partial charge on any atom is -0.423 e. The van der Waals surface area contributed by atoms with Gasteiger partial charge >= 0.3 is 6.03 Å². The summed E-state index contributed by atoms with van der Waals surface area (Å²) in [7, 11) is 1.56. The first-order valence-corrected chi connectivity index (χ1v) is 10.4. The third-order valence-corrected chi connectivity index (χ3v) is 5.97. The first kappa shape index (κ1) is 21.4. The van der Waals surface area contributed by atoms with Gasteiger partial charge < -0.3 is 24.5 Å². The summed E-state index contributed by atoms with van der Waals surface area (Å²) < 4.78 is 38.2.